The van der Waals surface area contributed by atoms with Gasteiger partial charge in [-0.3, -0.25) is 15.6 Å². The van der Waals surface area contributed by atoms with Gasteiger partial charge >= 0.3 is 6.18 Å². The molecule has 7 nitrogen and oxygen atoms in total. The highest BCUT2D eigenvalue weighted by Crippen LogP contribution is 2.32. The molecule has 1 aliphatic rings. The molecule has 1 fully saturated rings. The average molecular weight is 491 g/mol. The molecule has 178 valence electrons. The Bertz CT molecular complexity index is 1290. The summed E-state index contributed by atoms with van der Waals surface area (Å²) in [5.41, 5.74) is 5.54. The van der Waals surface area contributed by atoms with Gasteiger partial charge in [0, 0.05) is 11.7 Å². The van der Waals surface area contributed by atoms with Crippen molar-refractivity contribution in [2.24, 2.45) is 0 Å². The van der Waals surface area contributed by atoms with Gasteiger partial charge in [-0.15, -0.1) is 0 Å². The van der Waals surface area contributed by atoms with Gasteiger partial charge in [0.15, 0.2) is 0 Å². The molecule has 0 unspecified atom stereocenters. The second-order valence-electron chi connectivity index (χ2n) is 7.75. The standard InChI is InChI=1S/C23H21F3N4O3S/c24-23(25,26)15-4-3-5-18(14-15)27-21-7-2-1-6-20(21)22(31)29-28-16-10-12-19(13-11-16)34(32,33)30-17-8-9-17/h1-7,10-14,17,27-28,30H,8-9H2,(H,29,31). The van der Waals surface area contributed by atoms with Crippen LogP contribution in [0.15, 0.2) is 77.7 Å². The number of carbonyl (C=O) groups is 1. The second-order valence-corrected chi connectivity index (χ2v) is 9.46. The highest BCUT2D eigenvalue weighted by molar-refractivity contribution is 7.89. The number of hydrogen-bond acceptors (Lipinski definition) is 5. The van der Waals surface area contributed by atoms with Gasteiger partial charge in [-0.2, -0.15) is 13.2 Å². The zero-order chi connectivity index (χ0) is 24.3. The van der Waals surface area contributed by atoms with E-state index in [0.717, 1.165) is 25.0 Å². The maximum Gasteiger partial charge on any atom is 0.416 e. The van der Waals surface area contributed by atoms with Crippen LogP contribution in [0.3, 0.4) is 0 Å². The first-order chi connectivity index (χ1) is 16.1. The molecule has 0 spiro atoms. The summed E-state index contributed by atoms with van der Waals surface area (Å²) in [6.07, 6.45) is -2.83. The molecule has 0 bridgehead atoms. The van der Waals surface area contributed by atoms with Gasteiger partial charge in [0.2, 0.25) is 10.0 Å². The number of carbonyl (C=O) groups excluding carboxylic acids is 1. The summed E-state index contributed by atoms with van der Waals surface area (Å²) in [5, 5.41) is 2.85. The van der Waals surface area contributed by atoms with Crippen molar-refractivity contribution in [2.75, 3.05) is 10.7 Å². The van der Waals surface area contributed by atoms with E-state index >= 15 is 0 Å². The number of benzene rings is 3. The van der Waals surface area contributed by atoms with E-state index < -0.39 is 27.7 Å². The van der Waals surface area contributed by atoms with Crippen molar-refractivity contribution in [3.05, 3.63) is 83.9 Å². The maximum atomic E-state index is 13.0. The molecule has 0 saturated heterocycles. The second kappa shape index (κ2) is 9.35. The Morgan fingerprint density at radius 1 is 0.882 bits per heavy atom. The van der Waals surface area contributed by atoms with Gasteiger partial charge in [-0.1, -0.05) is 18.2 Å². The minimum absolute atomic E-state index is 0.00768. The third-order valence-corrected chi connectivity index (χ3v) is 6.56. The van der Waals surface area contributed by atoms with Crippen LogP contribution >= 0.6 is 0 Å². The van der Waals surface area contributed by atoms with E-state index in [9.17, 15) is 26.4 Å². The number of halogens is 3. The Morgan fingerprint density at radius 3 is 2.26 bits per heavy atom. The van der Waals surface area contributed by atoms with Crippen molar-refractivity contribution >= 4 is 33.0 Å². The molecule has 0 heterocycles. The first-order valence-electron chi connectivity index (χ1n) is 10.3. The molecule has 1 amide bonds. The monoisotopic (exact) mass is 490 g/mol. The van der Waals surface area contributed by atoms with Gasteiger partial charge in [0.25, 0.3) is 5.91 Å². The lowest BCUT2D eigenvalue weighted by Crippen LogP contribution is -2.30. The minimum atomic E-state index is -4.48. The van der Waals surface area contributed by atoms with Crippen molar-refractivity contribution < 1.29 is 26.4 Å². The van der Waals surface area contributed by atoms with Crippen molar-refractivity contribution in [3.63, 3.8) is 0 Å². The van der Waals surface area contributed by atoms with E-state index in [1.165, 1.54) is 42.5 Å². The molecule has 3 aromatic rings. The number of anilines is 3. The quantitative estimate of drug-likeness (QED) is 0.345. The molecular formula is C23H21F3N4O3S. The Morgan fingerprint density at radius 2 is 1.59 bits per heavy atom. The zero-order valence-corrected chi connectivity index (χ0v) is 18.5. The topological polar surface area (TPSA) is 99.3 Å². The van der Waals surface area contributed by atoms with E-state index in [0.29, 0.717) is 11.4 Å². The lowest BCUT2D eigenvalue weighted by atomic mass is 10.1. The molecule has 0 aliphatic heterocycles. The van der Waals surface area contributed by atoms with E-state index in [4.69, 9.17) is 0 Å². The van der Waals surface area contributed by atoms with E-state index in [2.05, 4.69) is 20.9 Å². The summed E-state index contributed by atoms with van der Waals surface area (Å²) in [6, 6.07) is 16.9. The lowest BCUT2D eigenvalue weighted by molar-refractivity contribution is -0.137. The number of rotatable bonds is 8. The van der Waals surface area contributed by atoms with Crippen molar-refractivity contribution in [3.8, 4) is 0 Å². The minimum Gasteiger partial charge on any atom is -0.355 e. The number of alkyl halides is 3. The number of para-hydroxylation sites is 1. The fraction of sp³-hybridized carbons (Fsp3) is 0.174. The molecular weight excluding hydrogens is 469 g/mol. The number of hydrogen-bond donors (Lipinski definition) is 4. The molecule has 0 aromatic heterocycles. The predicted octanol–water partition coefficient (Wildman–Crippen LogP) is 4.65. The van der Waals surface area contributed by atoms with Crippen LogP contribution in [0.2, 0.25) is 0 Å². The molecule has 34 heavy (non-hydrogen) atoms. The Balaban J connectivity index is 1.42. The fourth-order valence-electron chi connectivity index (χ4n) is 3.12. The van der Waals surface area contributed by atoms with Gasteiger partial charge in [0.1, 0.15) is 0 Å². The Kier molecular flexibility index (Phi) is 6.49. The van der Waals surface area contributed by atoms with E-state index in [1.54, 1.807) is 18.2 Å². The zero-order valence-electron chi connectivity index (χ0n) is 17.7. The van der Waals surface area contributed by atoms with Gasteiger partial charge < -0.3 is 5.32 Å². The molecule has 11 heteroatoms. The first kappa shape index (κ1) is 23.6. The van der Waals surface area contributed by atoms with E-state index in [1.807, 2.05) is 0 Å². The van der Waals surface area contributed by atoms with Crippen LogP contribution in [0.1, 0.15) is 28.8 Å². The maximum absolute atomic E-state index is 13.0. The summed E-state index contributed by atoms with van der Waals surface area (Å²) in [6.45, 7) is 0. The fourth-order valence-corrected chi connectivity index (χ4v) is 4.43. The molecule has 1 saturated carbocycles. The van der Waals surface area contributed by atoms with Gasteiger partial charge in [-0.05, 0) is 67.4 Å². The van der Waals surface area contributed by atoms with Crippen molar-refractivity contribution in [2.45, 2.75) is 30.0 Å². The summed E-state index contributed by atoms with van der Waals surface area (Å²) in [7, 11) is -3.58. The van der Waals surface area contributed by atoms with Gasteiger partial charge in [0.05, 0.1) is 27.4 Å². The summed E-state index contributed by atoms with van der Waals surface area (Å²) in [5.74, 6) is -0.540. The number of hydrazine groups is 1. The summed E-state index contributed by atoms with van der Waals surface area (Å²) in [4.78, 5) is 12.8. The van der Waals surface area contributed by atoms with Crippen LogP contribution in [-0.4, -0.2) is 20.4 Å². The highest BCUT2D eigenvalue weighted by atomic mass is 32.2. The van der Waals surface area contributed by atoms with E-state index in [-0.39, 0.29) is 22.2 Å². The van der Waals surface area contributed by atoms with Crippen LogP contribution in [0.25, 0.3) is 0 Å². The smallest absolute Gasteiger partial charge is 0.355 e. The number of sulfonamides is 1. The predicted molar refractivity (Wildman–Crippen MR) is 122 cm³/mol. The normalized spacial score (nSPS) is 13.9. The first-order valence-corrected chi connectivity index (χ1v) is 11.8. The molecule has 4 rings (SSSR count). The molecule has 4 N–H and O–H groups in total. The summed E-state index contributed by atoms with van der Waals surface area (Å²) >= 11 is 0. The lowest BCUT2D eigenvalue weighted by Gasteiger charge is -2.15. The molecule has 3 aromatic carbocycles. The van der Waals surface area contributed by atoms with Crippen LogP contribution < -0.4 is 20.9 Å². The van der Waals surface area contributed by atoms with Crippen LogP contribution in [-0.2, 0) is 16.2 Å². The SMILES string of the molecule is O=C(NNc1ccc(S(=O)(=O)NC2CC2)cc1)c1ccccc1Nc1cccc(C(F)(F)F)c1. The highest BCUT2D eigenvalue weighted by Gasteiger charge is 2.30. The third kappa shape index (κ3) is 5.86. The summed E-state index contributed by atoms with van der Waals surface area (Å²) < 4.78 is 66.0. The average Bonchev–Trinajstić information content (AvgIpc) is 3.61. The van der Waals surface area contributed by atoms with Crippen LogP contribution in [0, 0.1) is 0 Å². The third-order valence-electron chi connectivity index (χ3n) is 5.02. The van der Waals surface area contributed by atoms with Crippen LogP contribution in [0.4, 0.5) is 30.2 Å². The number of nitrogens with one attached hydrogen (secondary N) is 4. The van der Waals surface area contributed by atoms with Crippen molar-refractivity contribution in [1.82, 2.24) is 10.1 Å². The van der Waals surface area contributed by atoms with Crippen LogP contribution in [0.5, 0.6) is 0 Å². The Labute approximate surface area is 194 Å². The van der Waals surface area contributed by atoms with Gasteiger partial charge in [-0.25, -0.2) is 13.1 Å². The van der Waals surface area contributed by atoms with Crippen molar-refractivity contribution in [1.29, 1.82) is 0 Å². The molecule has 0 atom stereocenters. The largest absolute Gasteiger partial charge is 0.416 e. The number of amides is 1. The Hall–Kier alpha value is -3.57. The molecule has 1 aliphatic carbocycles. The molecule has 0 radical (unpaired) electrons.